The number of ether oxygens (including phenoxy) is 1. The number of anilines is 1. The van der Waals surface area contributed by atoms with Crippen molar-refractivity contribution in [3.8, 4) is 5.75 Å². The lowest BCUT2D eigenvalue weighted by Crippen LogP contribution is -2.32. The van der Waals surface area contributed by atoms with Gasteiger partial charge in [0.2, 0.25) is 0 Å². The van der Waals surface area contributed by atoms with Crippen molar-refractivity contribution < 1.29 is 9.15 Å². The zero-order valence-electron chi connectivity index (χ0n) is 14.2. The molecule has 0 saturated heterocycles. The minimum absolute atomic E-state index is 0.336. The van der Waals surface area contributed by atoms with Crippen LogP contribution in [0.25, 0.3) is 11.0 Å². The zero-order chi connectivity index (χ0) is 18.3. The van der Waals surface area contributed by atoms with Gasteiger partial charge in [-0.15, -0.1) is 0 Å². The fourth-order valence-corrected chi connectivity index (χ4v) is 3.88. The third kappa shape index (κ3) is 3.15. The predicted molar refractivity (Wildman–Crippen MR) is 105 cm³/mol. The van der Waals surface area contributed by atoms with Crippen LogP contribution in [0, 0.1) is 0 Å². The second kappa shape index (κ2) is 6.86. The van der Waals surface area contributed by atoms with E-state index in [1.165, 1.54) is 0 Å². The summed E-state index contributed by atoms with van der Waals surface area (Å²) in [6, 6.07) is 10.9. The molecule has 0 N–H and O–H groups in total. The van der Waals surface area contributed by atoms with Crippen molar-refractivity contribution in [3.05, 3.63) is 68.0 Å². The molecule has 0 fully saturated rings. The molecule has 4 rings (SSSR count). The van der Waals surface area contributed by atoms with Gasteiger partial charge in [-0.2, -0.15) is 0 Å². The molecule has 0 atom stereocenters. The van der Waals surface area contributed by atoms with Crippen LogP contribution in [-0.4, -0.2) is 6.73 Å². The highest BCUT2D eigenvalue weighted by molar-refractivity contribution is 6.35. The average Bonchev–Trinajstić information content (AvgIpc) is 2.60. The Morgan fingerprint density at radius 1 is 1.12 bits per heavy atom. The van der Waals surface area contributed by atoms with Crippen molar-refractivity contribution in [1.82, 2.24) is 0 Å². The Morgan fingerprint density at radius 2 is 1.88 bits per heavy atom. The number of benzene rings is 2. The lowest BCUT2D eigenvalue weighted by Gasteiger charge is -2.31. The van der Waals surface area contributed by atoms with Crippen LogP contribution < -0.4 is 15.3 Å². The van der Waals surface area contributed by atoms with Crippen molar-refractivity contribution in [2.24, 2.45) is 0 Å². The molecule has 0 aliphatic carbocycles. The first kappa shape index (κ1) is 17.3. The van der Waals surface area contributed by atoms with Crippen molar-refractivity contribution >= 4 is 39.9 Å². The van der Waals surface area contributed by atoms with Crippen LogP contribution in [-0.2, 0) is 13.0 Å². The Morgan fingerprint density at radius 3 is 2.62 bits per heavy atom. The molecule has 0 unspecified atom stereocenters. The summed E-state index contributed by atoms with van der Waals surface area (Å²) in [7, 11) is 0. The molecule has 134 valence electrons. The summed E-state index contributed by atoms with van der Waals surface area (Å²) in [4.78, 5) is 14.1. The van der Waals surface area contributed by atoms with E-state index in [0.29, 0.717) is 28.9 Å². The molecule has 1 aliphatic heterocycles. The largest absolute Gasteiger partial charge is 0.473 e. The monoisotopic (exact) mass is 389 g/mol. The van der Waals surface area contributed by atoms with Gasteiger partial charge in [0, 0.05) is 27.2 Å². The minimum atomic E-state index is -0.336. The van der Waals surface area contributed by atoms with Gasteiger partial charge >= 0.3 is 5.63 Å². The van der Waals surface area contributed by atoms with Crippen molar-refractivity contribution in [3.63, 3.8) is 0 Å². The van der Waals surface area contributed by atoms with E-state index in [9.17, 15) is 4.79 Å². The van der Waals surface area contributed by atoms with Crippen LogP contribution in [0.4, 0.5) is 5.69 Å². The fraction of sp³-hybridized carbons (Fsp3) is 0.250. The second-order valence-corrected chi connectivity index (χ2v) is 7.23. The van der Waals surface area contributed by atoms with Gasteiger partial charge in [0.15, 0.2) is 6.73 Å². The molecular formula is C20H17Cl2NO3. The third-order valence-electron chi connectivity index (χ3n) is 4.51. The molecule has 4 nitrogen and oxygen atoms in total. The van der Waals surface area contributed by atoms with Gasteiger partial charge in [-0.1, -0.05) is 36.5 Å². The van der Waals surface area contributed by atoms with E-state index in [-0.39, 0.29) is 5.63 Å². The molecule has 0 radical (unpaired) electrons. The van der Waals surface area contributed by atoms with Crippen LogP contribution in [0.3, 0.4) is 0 Å². The second-order valence-electron chi connectivity index (χ2n) is 6.36. The van der Waals surface area contributed by atoms with Crippen molar-refractivity contribution in [1.29, 1.82) is 0 Å². The molecule has 26 heavy (non-hydrogen) atoms. The summed E-state index contributed by atoms with van der Waals surface area (Å²) < 4.78 is 11.5. The number of hydrogen-bond donors (Lipinski definition) is 0. The average molecular weight is 390 g/mol. The summed E-state index contributed by atoms with van der Waals surface area (Å²) >= 11 is 12.3. The number of halogens is 2. The molecule has 2 aromatic carbocycles. The molecule has 0 bridgehead atoms. The zero-order valence-corrected chi connectivity index (χ0v) is 15.7. The van der Waals surface area contributed by atoms with E-state index in [1.54, 1.807) is 12.1 Å². The number of aryl methyl sites for hydroxylation is 1. The minimum Gasteiger partial charge on any atom is -0.473 e. The summed E-state index contributed by atoms with van der Waals surface area (Å²) in [5, 5.41) is 2.08. The first-order valence-electron chi connectivity index (χ1n) is 8.47. The molecule has 1 aromatic heterocycles. The standard InChI is InChI=1S/C20H17Cl2NO3/c1-2-3-12-6-19(24)26-20-16(12)4-5-18-17(20)10-23(11-25-18)15-8-13(21)7-14(22)9-15/h4-9H,2-3,10-11H2,1H3. The lowest BCUT2D eigenvalue weighted by atomic mass is 10.0. The Bertz CT molecular complexity index is 1020. The van der Waals surface area contributed by atoms with Crippen molar-refractivity contribution in [2.75, 3.05) is 11.6 Å². The maximum atomic E-state index is 12.0. The first-order chi connectivity index (χ1) is 12.5. The van der Waals surface area contributed by atoms with Gasteiger partial charge in [0.1, 0.15) is 11.3 Å². The number of fused-ring (bicyclic) bond motifs is 3. The molecule has 3 aromatic rings. The molecule has 6 heteroatoms. The maximum absolute atomic E-state index is 12.0. The Kier molecular flexibility index (Phi) is 4.55. The fourth-order valence-electron chi connectivity index (χ4n) is 3.36. The van der Waals surface area contributed by atoms with Crippen LogP contribution in [0.15, 0.2) is 45.6 Å². The Balaban J connectivity index is 1.82. The van der Waals surface area contributed by atoms with E-state index >= 15 is 0 Å². The van der Waals surface area contributed by atoms with Gasteiger partial charge < -0.3 is 14.1 Å². The first-order valence-corrected chi connectivity index (χ1v) is 9.23. The number of nitrogens with zero attached hydrogens (tertiary/aromatic N) is 1. The van der Waals surface area contributed by atoms with Gasteiger partial charge in [0.05, 0.1) is 12.1 Å². The van der Waals surface area contributed by atoms with E-state index in [1.807, 2.05) is 29.2 Å². The normalized spacial score (nSPS) is 13.6. The number of hydrogen-bond acceptors (Lipinski definition) is 4. The quantitative estimate of drug-likeness (QED) is 0.561. The SMILES string of the molecule is CCCc1cc(=O)oc2c3c(ccc12)OCN(c1cc(Cl)cc(Cl)c1)C3. The van der Waals surface area contributed by atoms with Crippen LogP contribution in [0.2, 0.25) is 10.0 Å². The molecule has 1 aliphatic rings. The summed E-state index contributed by atoms with van der Waals surface area (Å²) in [6.07, 6.45) is 1.79. The molecular weight excluding hydrogens is 373 g/mol. The smallest absolute Gasteiger partial charge is 0.336 e. The van der Waals surface area contributed by atoms with E-state index in [4.69, 9.17) is 32.4 Å². The van der Waals surface area contributed by atoms with Crippen LogP contribution in [0.1, 0.15) is 24.5 Å². The van der Waals surface area contributed by atoms with Gasteiger partial charge in [-0.3, -0.25) is 0 Å². The van der Waals surface area contributed by atoms with Gasteiger partial charge in [-0.25, -0.2) is 4.79 Å². The summed E-state index contributed by atoms with van der Waals surface area (Å²) in [5.74, 6) is 0.735. The van der Waals surface area contributed by atoms with Gasteiger partial charge in [0.25, 0.3) is 0 Å². The molecule has 0 spiro atoms. The van der Waals surface area contributed by atoms with Crippen molar-refractivity contribution in [2.45, 2.75) is 26.3 Å². The highest BCUT2D eigenvalue weighted by atomic mass is 35.5. The van der Waals surface area contributed by atoms with E-state index in [0.717, 1.165) is 40.8 Å². The maximum Gasteiger partial charge on any atom is 0.336 e. The lowest BCUT2D eigenvalue weighted by molar-refractivity contribution is 0.289. The van der Waals surface area contributed by atoms with Gasteiger partial charge in [-0.05, 0) is 42.3 Å². The third-order valence-corrected chi connectivity index (χ3v) is 4.95. The van der Waals surface area contributed by atoms with Crippen LogP contribution >= 0.6 is 23.2 Å². The molecule has 0 saturated carbocycles. The van der Waals surface area contributed by atoms with E-state index < -0.39 is 0 Å². The number of rotatable bonds is 3. The highest BCUT2D eigenvalue weighted by Crippen LogP contribution is 2.36. The highest BCUT2D eigenvalue weighted by Gasteiger charge is 2.23. The Labute approximate surface area is 160 Å². The molecule has 2 heterocycles. The van der Waals surface area contributed by atoms with E-state index in [2.05, 4.69) is 6.92 Å². The topological polar surface area (TPSA) is 42.7 Å². The predicted octanol–water partition coefficient (Wildman–Crippen LogP) is 5.41. The molecule has 0 amide bonds. The van der Waals surface area contributed by atoms with Crippen LogP contribution in [0.5, 0.6) is 5.75 Å². The summed E-state index contributed by atoms with van der Waals surface area (Å²) in [5.41, 5.74) is 2.98. The summed E-state index contributed by atoms with van der Waals surface area (Å²) in [6.45, 7) is 3.00. The Hall–Kier alpha value is -2.17.